The molecule has 0 aliphatic heterocycles. The van der Waals surface area contributed by atoms with Crippen molar-refractivity contribution in [3.63, 3.8) is 0 Å². The van der Waals surface area contributed by atoms with Gasteiger partial charge in [-0.3, -0.25) is 15.2 Å². The van der Waals surface area contributed by atoms with Crippen LogP contribution in [0.4, 0.5) is 0 Å². The summed E-state index contributed by atoms with van der Waals surface area (Å²) in [6, 6.07) is 7.05. The SMILES string of the molecule is CNC(c1cccc(C)n1)N(C1C=CC=CC1)C1C=CC=CCC1. The zero-order valence-corrected chi connectivity index (χ0v) is 14.6. The van der Waals surface area contributed by atoms with Gasteiger partial charge in [0.2, 0.25) is 0 Å². The summed E-state index contributed by atoms with van der Waals surface area (Å²) in [4.78, 5) is 7.37. The Morgan fingerprint density at radius 2 is 1.88 bits per heavy atom. The monoisotopic (exact) mass is 321 g/mol. The minimum absolute atomic E-state index is 0.0961. The molecule has 3 rings (SSSR count). The van der Waals surface area contributed by atoms with Gasteiger partial charge in [0, 0.05) is 17.8 Å². The van der Waals surface area contributed by atoms with E-state index in [0.717, 1.165) is 30.7 Å². The quantitative estimate of drug-likeness (QED) is 0.829. The number of hydrogen-bond acceptors (Lipinski definition) is 3. The van der Waals surface area contributed by atoms with E-state index < -0.39 is 0 Å². The highest BCUT2D eigenvalue weighted by molar-refractivity contribution is 5.20. The first kappa shape index (κ1) is 16.9. The molecular weight excluding hydrogens is 294 g/mol. The van der Waals surface area contributed by atoms with Gasteiger partial charge in [-0.25, -0.2) is 0 Å². The number of rotatable bonds is 5. The number of hydrogen-bond donors (Lipinski definition) is 1. The van der Waals surface area contributed by atoms with Crippen molar-refractivity contribution in [3.8, 4) is 0 Å². The van der Waals surface area contributed by atoms with Crippen LogP contribution in [0.15, 0.2) is 66.8 Å². The lowest BCUT2D eigenvalue weighted by Crippen LogP contribution is -2.48. The summed E-state index contributed by atoms with van der Waals surface area (Å²) >= 11 is 0. The molecule has 3 unspecified atom stereocenters. The molecule has 3 heteroatoms. The minimum atomic E-state index is 0.0961. The van der Waals surface area contributed by atoms with Crippen molar-refractivity contribution in [2.75, 3.05) is 7.05 Å². The third-order valence-corrected chi connectivity index (χ3v) is 4.70. The van der Waals surface area contributed by atoms with Crippen molar-refractivity contribution < 1.29 is 0 Å². The Morgan fingerprint density at radius 1 is 1.08 bits per heavy atom. The molecule has 3 nitrogen and oxygen atoms in total. The summed E-state index contributed by atoms with van der Waals surface area (Å²) in [6.07, 6.45) is 21.2. The molecule has 0 radical (unpaired) electrons. The zero-order valence-electron chi connectivity index (χ0n) is 14.6. The third kappa shape index (κ3) is 3.92. The van der Waals surface area contributed by atoms with Crippen LogP contribution >= 0.6 is 0 Å². The first-order valence-corrected chi connectivity index (χ1v) is 8.84. The van der Waals surface area contributed by atoms with Crippen LogP contribution in [0.25, 0.3) is 0 Å². The fourth-order valence-electron chi connectivity index (χ4n) is 3.56. The van der Waals surface area contributed by atoms with Crippen LogP contribution in [-0.4, -0.2) is 29.0 Å². The Kier molecular flexibility index (Phi) is 5.78. The summed E-state index contributed by atoms with van der Waals surface area (Å²) in [5, 5.41) is 3.51. The second-order valence-electron chi connectivity index (χ2n) is 6.42. The fraction of sp³-hybridized carbons (Fsp3) is 0.381. The number of allylic oxidation sites excluding steroid dienone is 5. The van der Waals surface area contributed by atoms with Crippen LogP contribution in [0, 0.1) is 6.92 Å². The second-order valence-corrected chi connectivity index (χ2v) is 6.42. The first-order valence-electron chi connectivity index (χ1n) is 8.84. The van der Waals surface area contributed by atoms with Crippen LogP contribution in [0.2, 0.25) is 0 Å². The molecule has 2 aliphatic rings. The van der Waals surface area contributed by atoms with Crippen molar-refractivity contribution in [3.05, 3.63) is 78.2 Å². The number of nitrogens with one attached hydrogen (secondary N) is 1. The van der Waals surface area contributed by atoms with Gasteiger partial charge in [0.25, 0.3) is 0 Å². The van der Waals surface area contributed by atoms with Crippen molar-refractivity contribution in [2.45, 2.75) is 44.4 Å². The highest BCUT2D eigenvalue weighted by Crippen LogP contribution is 2.29. The lowest BCUT2D eigenvalue weighted by Gasteiger charge is -2.41. The predicted molar refractivity (Wildman–Crippen MR) is 101 cm³/mol. The van der Waals surface area contributed by atoms with E-state index in [0.29, 0.717) is 12.1 Å². The minimum Gasteiger partial charge on any atom is -0.300 e. The summed E-state index contributed by atoms with van der Waals surface area (Å²) < 4.78 is 0. The van der Waals surface area contributed by atoms with Gasteiger partial charge in [-0.15, -0.1) is 0 Å². The standard InChI is InChI=1S/C21H27N3/c1-17-11-10-16-20(23-17)21(22-2)24(19-14-8-5-9-15-19)18-12-6-3-4-7-13-18/h3-6,8-12,14,16,18-19,21-22H,7,13,15H2,1-2H3. The predicted octanol–water partition coefficient (Wildman–Crippen LogP) is 4.07. The molecule has 0 bridgehead atoms. The molecule has 24 heavy (non-hydrogen) atoms. The maximum absolute atomic E-state index is 4.79. The van der Waals surface area contributed by atoms with E-state index in [1.807, 2.05) is 7.05 Å². The molecule has 0 saturated heterocycles. The van der Waals surface area contributed by atoms with Crippen LogP contribution in [-0.2, 0) is 0 Å². The van der Waals surface area contributed by atoms with Crippen LogP contribution in [0.3, 0.4) is 0 Å². The average molecular weight is 321 g/mol. The van der Waals surface area contributed by atoms with Gasteiger partial charge in [0.15, 0.2) is 0 Å². The Hall–Kier alpha value is -1.97. The number of nitrogens with zero attached hydrogens (tertiary/aromatic N) is 2. The molecule has 0 spiro atoms. The molecular formula is C21H27N3. The van der Waals surface area contributed by atoms with Crippen molar-refractivity contribution >= 4 is 0 Å². The van der Waals surface area contributed by atoms with Crippen molar-refractivity contribution in [1.29, 1.82) is 0 Å². The number of aryl methyl sites for hydroxylation is 1. The van der Waals surface area contributed by atoms with E-state index in [4.69, 9.17) is 4.98 Å². The fourth-order valence-corrected chi connectivity index (χ4v) is 3.56. The maximum atomic E-state index is 4.79. The largest absolute Gasteiger partial charge is 0.300 e. The molecule has 1 heterocycles. The van der Waals surface area contributed by atoms with E-state index in [2.05, 4.69) is 83.9 Å². The molecule has 1 N–H and O–H groups in total. The molecule has 0 aromatic carbocycles. The topological polar surface area (TPSA) is 28.2 Å². The Labute approximate surface area is 145 Å². The molecule has 126 valence electrons. The Balaban J connectivity index is 1.95. The Bertz CT molecular complexity index is 657. The van der Waals surface area contributed by atoms with Gasteiger partial charge in [-0.05, 0) is 45.4 Å². The smallest absolute Gasteiger partial charge is 0.104 e. The lowest BCUT2D eigenvalue weighted by atomic mass is 10.00. The number of aromatic nitrogens is 1. The van der Waals surface area contributed by atoms with Crippen molar-refractivity contribution in [2.24, 2.45) is 0 Å². The van der Waals surface area contributed by atoms with Crippen LogP contribution in [0.5, 0.6) is 0 Å². The summed E-state index contributed by atoms with van der Waals surface area (Å²) in [5.41, 5.74) is 2.15. The summed E-state index contributed by atoms with van der Waals surface area (Å²) in [5.74, 6) is 0. The highest BCUT2D eigenvalue weighted by Gasteiger charge is 2.31. The van der Waals surface area contributed by atoms with Gasteiger partial charge in [-0.1, -0.05) is 54.7 Å². The van der Waals surface area contributed by atoms with E-state index in [1.54, 1.807) is 0 Å². The normalized spacial score (nSPS) is 24.3. The average Bonchev–Trinajstić information content (AvgIpc) is 2.89. The molecule has 2 aliphatic carbocycles. The van der Waals surface area contributed by atoms with Gasteiger partial charge in [0.05, 0.1) is 5.69 Å². The molecule has 1 aromatic heterocycles. The van der Waals surface area contributed by atoms with Gasteiger partial charge in [0.1, 0.15) is 6.17 Å². The van der Waals surface area contributed by atoms with Gasteiger partial charge in [-0.2, -0.15) is 0 Å². The lowest BCUT2D eigenvalue weighted by molar-refractivity contribution is 0.0983. The second kappa shape index (κ2) is 8.22. The van der Waals surface area contributed by atoms with E-state index in [-0.39, 0.29) is 6.17 Å². The van der Waals surface area contributed by atoms with Crippen LogP contribution in [0.1, 0.15) is 36.8 Å². The molecule has 0 amide bonds. The third-order valence-electron chi connectivity index (χ3n) is 4.70. The summed E-state index contributed by atoms with van der Waals surface area (Å²) in [7, 11) is 2.03. The molecule has 0 saturated carbocycles. The zero-order chi connectivity index (χ0) is 16.8. The van der Waals surface area contributed by atoms with Crippen LogP contribution < -0.4 is 5.32 Å². The molecule has 0 fully saturated rings. The Morgan fingerprint density at radius 3 is 2.62 bits per heavy atom. The van der Waals surface area contributed by atoms with E-state index >= 15 is 0 Å². The van der Waals surface area contributed by atoms with Gasteiger partial charge >= 0.3 is 0 Å². The van der Waals surface area contributed by atoms with E-state index in [9.17, 15) is 0 Å². The number of pyridine rings is 1. The highest BCUT2D eigenvalue weighted by atomic mass is 15.3. The maximum Gasteiger partial charge on any atom is 0.104 e. The molecule has 1 aromatic rings. The summed E-state index contributed by atoms with van der Waals surface area (Å²) in [6.45, 7) is 2.05. The molecule has 3 atom stereocenters. The van der Waals surface area contributed by atoms with E-state index in [1.165, 1.54) is 0 Å². The van der Waals surface area contributed by atoms with Crippen molar-refractivity contribution in [1.82, 2.24) is 15.2 Å². The first-order chi connectivity index (χ1) is 11.8. The van der Waals surface area contributed by atoms with Gasteiger partial charge < -0.3 is 0 Å².